The van der Waals surface area contributed by atoms with Gasteiger partial charge in [0.2, 0.25) is 0 Å². The van der Waals surface area contributed by atoms with E-state index in [0.29, 0.717) is 11.3 Å². The van der Waals surface area contributed by atoms with E-state index in [-0.39, 0.29) is 12.6 Å². The Morgan fingerprint density at radius 1 is 1.16 bits per heavy atom. The van der Waals surface area contributed by atoms with Crippen molar-refractivity contribution in [2.75, 3.05) is 7.11 Å². The molecule has 2 heterocycles. The van der Waals surface area contributed by atoms with Crippen LogP contribution in [0, 0.1) is 20.8 Å². The molecular formula is C19H19NO4S. The topological polar surface area (TPSA) is 61.6 Å². The number of rotatable bonds is 5. The molecule has 0 unspecified atom stereocenters. The maximum Gasteiger partial charge on any atom is 0.342 e. The summed E-state index contributed by atoms with van der Waals surface area (Å²) in [4.78, 5) is 16.8. The van der Waals surface area contributed by atoms with Gasteiger partial charge < -0.3 is 13.9 Å². The number of methoxy groups -OCH3 is 1. The molecule has 2 aromatic heterocycles. The highest BCUT2D eigenvalue weighted by Gasteiger charge is 2.20. The van der Waals surface area contributed by atoms with Crippen molar-refractivity contribution in [3.05, 3.63) is 58.0 Å². The number of aromatic nitrogens is 1. The minimum atomic E-state index is -0.383. The lowest BCUT2D eigenvalue weighted by molar-refractivity contribution is 0.0465. The summed E-state index contributed by atoms with van der Waals surface area (Å²) < 4.78 is 16.0. The number of hydrogen-bond acceptors (Lipinski definition) is 6. The van der Waals surface area contributed by atoms with Crippen molar-refractivity contribution < 1.29 is 18.7 Å². The van der Waals surface area contributed by atoms with E-state index in [0.717, 1.165) is 33.3 Å². The Hall–Kier alpha value is -2.60. The second-order valence-corrected chi connectivity index (χ2v) is 6.52. The average molecular weight is 357 g/mol. The molecule has 0 radical (unpaired) electrons. The van der Waals surface area contributed by atoms with Crippen LogP contribution in [0.25, 0.3) is 10.6 Å². The van der Waals surface area contributed by atoms with Crippen molar-refractivity contribution in [3.8, 4) is 16.3 Å². The highest BCUT2D eigenvalue weighted by Crippen LogP contribution is 2.26. The summed E-state index contributed by atoms with van der Waals surface area (Å²) in [7, 11) is 1.63. The quantitative estimate of drug-likeness (QED) is 0.620. The Bertz CT molecular complexity index is 893. The van der Waals surface area contributed by atoms with Crippen molar-refractivity contribution in [1.29, 1.82) is 0 Å². The normalized spacial score (nSPS) is 10.7. The van der Waals surface area contributed by atoms with E-state index in [1.54, 1.807) is 14.0 Å². The molecular weight excluding hydrogens is 338 g/mol. The van der Waals surface area contributed by atoms with Crippen LogP contribution in [0.1, 0.15) is 33.1 Å². The molecule has 130 valence electrons. The van der Waals surface area contributed by atoms with E-state index in [2.05, 4.69) is 4.98 Å². The Balaban J connectivity index is 1.68. The Kier molecular flexibility index (Phi) is 4.90. The molecule has 0 N–H and O–H groups in total. The first-order valence-electron chi connectivity index (χ1n) is 7.82. The Morgan fingerprint density at radius 2 is 1.88 bits per heavy atom. The van der Waals surface area contributed by atoms with Gasteiger partial charge in [-0.15, -0.1) is 11.3 Å². The number of nitrogens with zero attached hydrogens (tertiary/aromatic N) is 1. The molecule has 6 heteroatoms. The summed E-state index contributed by atoms with van der Waals surface area (Å²) in [5, 5.41) is 2.77. The van der Waals surface area contributed by atoms with Gasteiger partial charge in [-0.05, 0) is 45.0 Å². The van der Waals surface area contributed by atoms with Crippen LogP contribution in [0.2, 0.25) is 0 Å². The summed E-state index contributed by atoms with van der Waals surface area (Å²) >= 11 is 1.51. The van der Waals surface area contributed by atoms with Crippen LogP contribution in [0.4, 0.5) is 0 Å². The van der Waals surface area contributed by atoms with Crippen LogP contribution < -0.4 is 4.74 Å². The fourth-order valence-corrected chi connectivity index (χ4v) is 3.36. The Morgan fingerprint density at radius 3 is 2.48 bits per heavy atom. The zero-order valence-corrected chi connectivity index (χ0v) is 15.4. The maximum absolute atomic E-state index is 12.3. The molecule has 0 atom stereocenters. The molecule has 0 aliphatic rings. The monoisotopic (exact) mass is 357 g/mol. The van der Waals surface area contributed by atoms with Gasteiger partial charge in [-0.2, -0.15) is 0 Å². The largest absolute Gasteiger partial charge is 0.497 e. The number of esters is 1. The standard InChI is InChI=1S/C19H19NO4S/c1-11-12(2)24-13(3)17(11)19(21)23-9-15-10-25-18(20-15)14-5-7-16(22-4)8-6-14/h5-8,10H,9H2,1-4H3. The fraction of sp³-hybridized carbons (Fsp3) is 0.263. The van der Waals surface area contributed by atoms with Gasteiger partial charge in [0.25, 0.3) is 0 Å². The summed E-state index contributed by atoms with van der Waals surface area (Å²) in [6.07, 6.45) is 0. The highest BCUT2D eigenvalue weighted by atomic mass is 32.1. The SMILES string of the molecule is COc1ccc(-c2nc(COC(=O)c3c(C)oc(C)c3C)cs2)cc1. The van der Waals surface area contributed by atoms with Gasteiger partial charge >= 0.3 is 5.97 Å². The molecule has 0 amide bonds. The zero-order chi connectivity index (χ0) is 18.0. The van der Waals surface area contributed by atoms with Crippen LogP contribution in [-0.4, -0.2) is 18.1 Å². The van der Waals surface area contributed by atoms with Crippen LogP contribution in [0.15, 0.2) is 34.1 Å². The first kappa shape index (κ1) is 17.2. The van der Waals surface area contributed by atoms with E-state index < -0.39 is 0 Å². The van der Waals surface area contributed by atoms with Crippen LogP contribution in [-0.2, 0) is 11.3 Å². The lowest BCUT2D eigenvalue weighted by Gasteiger charge is -2.03. The number of furan rings is 1. The van der Waals surface area contributed by atoms with Gasteiger partial charge in [0.05, 0.1) is 12.8 Å². The van der Waals surface area contributed by atoms with Crippen molar-refractivity contribution >= 4 is 17.3 Å². The number of thiazole rings is 1. The molecule has 5 nitrogen and oxygen atoms in total. The van der Waals surface area contributed by atoms with Crippen LogP contribution >= 0.6 is 11.3 Å². The predicted octanol–water partition coefficient (Wildman–Crippen LogP) is 4.69. The maximum atomic E-state index is 12.3. The summed E-state index contributed by atoms with van der Waals surface area (Å²) in [6, 6.07) is 7.69. The van der Waals surface area contributed by atoms with Crippen molar-refractivity contribution in [2.24, 2.45) is 0 Å². The lowest BCUT2D eigenvalue weighted by Crippen LogP contribution is -2.07. The van der Waals surface area contributed by atoms with Crippen LogP contribution in [0.5, 0.6) is 5.75 Å². The van der Waals surface area contributed by atoms with Gasteiger partial charge in [-0.1, -0.05) is 0 Å². The molecule has 1 aromatic carbocycles. The number of aryl methyl sites for hydroxylation is 2. The third-order valence-electron chi connectivity index (χ3n) is 4.01. The van der Waals surface area contributed by atoms with Crippen LogP contribution in [0.3, 0.4) is 0 Å². The van der Waals surface area contributed by atoms with E-state index in [1.165, 1.54) is 11.3 Å². The summed E-state index contributed by atoms with van der Waals surface area (Å²) in [5.74, 6) is 1.73. The number of carbonyl (C=O) groups excluding carboxylic acids is 1. The third kappa shape index (κ3) is 3.58. The van der Waals surface area contributed by atoms with Gasteiger partial charge in [0.1, 0.15) is 34.4 Å². The number of ether oxygens (including phenoxy) is 2. The fourth-order valence-electron chi connectivity index (χ4n) is 2.55. The average Bonchev–Trinajstić information content (AvgIpc) is 3.18. The first-order chi connectivity index (χ1) is 12.0. The van der Waals surface area contributed by atoms with Gasteiger partial charge in [-0.25, -0.2) is 9.78 Å². The predicted molar refractivity (Wildman–Crippen MR) is 96.1 cm³/mol. The molecule has 3 rings (SSSR count). The second kappa shape index (κ2) is 7.11. The minimum Gasteiger partial charge on any atom is -0.497 e. The lowest BCUT2D eigenvalue weighted by atomic mass is 10.1. The molecule has 0 saturated carbocycles. The first-order valence-corrected chi connectivity index (χ1v) is 8.70. The molecule has 0 bridgehead atoms. The van der Waals surface area contributed by atoms with E-state index in [9.17, 15) is 4.79 Å². The summed E-state index contributed by atoms with van der Waals surface area (Å²) in [6.45, 7) is 5.59. The number of carbonyl (C=O) groups is 1. The smallest absolute Gasteiger partial charge is 0.342 e. The van der Waals surface area contributed by atoms with Gasteiger partial charge in [-0.3, -0.25) is 0 Å². The van der Waals surface area contributed by atoms with E-state index in [4.69, 9.17) is 13.9 Å². The van der Waals surface area contributed by atoms with Crippen molar-refractivity contribution in [1.82, 2.24) is 4.98 Å². The highest BCUT2D eigenvalue weighted by molar-refractivity contribution is 7.13. The summed E-state index contributed by atoms with van der Waals surface area (Å²) in [5.41, 5.74) is 3.04. The van der Waals surface area contributed by atoms with Crippen molar-refractivity contribution in [2.45, 2.75) is 27.4 Å². The van der Waals surface area contributed by atoms with Crippen molar-refractivity contribution in [3.63, 3.8) is 0 Å². The molecule has 0 aliphatic heterocycles. The second-order valence-electron chi connectivity index (χ2n) is 5.66. The Labute approximate surface area is 150 Å². The zero-order valence-electron chi connectivity index (χ0n) is 14.6. The minimum absolute atomic E-state index is 0.134. The molecule has 0 spiro atoms. The number of hydrogen-bond donors (Lipinski definition) is 0. The molecule has 25 heavy (non-hydrogen) atoms. The number of benzene rings is 1. The van der Waals surface area contributed by atoms with Gasteiger partial charge in [0, 0.05) is 16.5 Å². The van der Waals surface area contributed by atoms with E-state index in [1.807, 2.05) is 43.5 Å². The molecule has 0 aliphatic carbocycles. The molecule has 3 aromatic rings. The molecule has 0 fully saturated rings. The van der Waals surface area contributed by atoms with Gasteiger partial charge in [0.15, 0.2) is 0 Å². The molecule has 0 saturated heterocycles. The van der Waals surface area contributed by atoms with E-state index >= 15 is 0 Å². The third-order valence-corrected chi connectivity index (χ3v) is 4.95.